The molecule has 4 aromatic rings. The first-order valence-electron chi connectivity index (χ1n) is 9.05. The zero-order valence-corrected chi connectivity index (χ0v) is 15.3. The maximum absolute atomic E-state index is 9.70. The fourth-order valence-electron chi connectivity index (χ4n) is 3.37. The zero-order chi connectivity index (χ0) is 18.6. The van der Waals surface area contributed by atoms with Gasteiger partial charge in [0, 0.05) is 29.2 Å². The van der Waals surface area contributed by atoms with Crippen LogP contribution >= 0.6 is 0 Å². The van der Waals surface area contributed by atoms with Gasteiger partial charge in [0.1, 0.15) is 0 Å². The van der Waals surface area contributed by atoms with Gasteiger partial charge in [0.2, 0.25) is 0 Å². The Morgan fingerprint density at radius 1 is 0.926 bits per heavy atom. The van der Waals surface area contributed by atoms with Crippen molar-refractivity contribution in [2.45, 2.75) is 13.5 Å². The molecule has 0 unspecified atom stereocenters. The molecule has 130 valence electrons. The van der Waals surface area contributed by atoms with Gasteiger partial charge < -0.3 is 4.57 Å². The molecule has 0 atom stereocenters. The summed E-state index contributed by atoms with van der Waals surface area (Å²) in [6.07, 6.45) is 4.14. The van der Waals surface area contributed by atoms with Crippen molar-refractivity contribution in [3.05, 3.63) is 107 Å². The van der Waals surface area contributed by atoms with E-state index in [2.05, 4.69) is 66.2 Å². The number of aryl methyl sites for hydroxylation is 1. The lowest BCUT2D eigenvalue weighted by atomic mass is 10.0. The van der Waals surface area contributed by atoms with Crippen molar-refractivity contribution in [2.75, 3.05) is 0 Å². The third kappa shape index (κ3) is 3.54. The summed E-state index contributed by atoms with van der Waals surface area (Å²) < 4.78 is 2.25. The first-order chi connectivity index (χ1) is 13.2. The predicted molar refractivity (Wildman–Crippen MR) is 112 cm³/mol. The number of rotatable bonds is 4. The Bertz CT molecular complexity index is 1140. The molecule has 0 N–H and O–H groups in total. The fourth-order valence-corrected chi connectivity index (χ4v) is 3.37. The number of nitriles is 1. The zero-order valence-electron chi connectivity index (χ0n) is 15.3. The van der Waals surface area contributed by atoms with E-state index in [4.69, 9.17) is 0 Å². The molecule has 0 spiro atoms. The first kappa shape index (κ1) is 16.9. The van der Waals surface area contributed by atoms with Gasteiger partial charge in [-0.25, -0.2) is 0 Å². The largest absolute Gasteiger partial charge is 0.342 e. The third-order valence-corrected chi connectivity index (χ3v) is 4.80. The summed E-state index contributed by atoms with van der Waals surface area (Å²) in [7, 11) is 0. The lowest BCUT2D eigenvalue weighted by Crippen LogP contribution is -1.97. The van der Waals surface area contributed by atoms with Gasteiger partial charge in [-0.15, -0.1) is 0 Å². The van der Waals surface area contributed by atoms with Crippen molar-refractivity contribution < 1.29 is 0 Å². The van der Waals surface area contributed by atoms with Crippen LogP contribution in [0.25, 0.3) is 22.6 Å². The van der Waals surface area contributed by atoms with E-state index in [-0.39, 0.29) is 0 Å². The topological polar surface area (TPSA) is 28.7 Å². The summed E-state index contributed by atoms with van der Waals surface area (Å²) in [6.45, 7) is 2.86. The highest BCUT2D eigenvalue weighted by Crippen LogP contribution is 2.27. The Hall–Kier alpha value is -3.57. The normalized spacial score (nSPS) is 11.5. The van der Waals surface area contributed by atoms with Crippen LogP contribution in [0.4, 0.5) is 0 Å². The molecule has 0 aliphatic carbocycles. The average molecular weight is 348 g/mol. The minimum absolute atomic E-state index is 0.678. The molecule has 3 aromatic carbocycles. The van der Waals surface area contributed by atoms with Gasteiger partial charge >= 0.3 is 0 Å². The standard InChI is InChI=1S/C25H20N2/c1-19-11-13-21(14-12-19)22(16-26)15-23-18-27(17-20-7-3-2-4-8-20)25-10-6-5-9-24(23)25/h2-15,18H,17H2,1H3/b22-15-. The summed E-state index contributed by atoms with van der Waals surface area (Å²) >= 11 is 0. The minimum Gasteiger partial charge on any atom is -0.342 e. The second-order valence-electron chi connectivity index (χ2n) is 6.75. The number of para-hydroxylation sites is 1. The molecule has 1 aromatic heterocycles. The number of fused-ring (bicyclic) bond motifs is 1. The number of aromatic nitrogens is 1. The average Bonchev–Trinajstić information content (AvgIpc) is 3.05. The highest BCUT2D eigenvalue weighted by molar-refractivity contribution is 5.98. The Morgan fingerprint density at radius 2 is 1.63 bits per heavy atom. The van der Waals surface area contributed by atoms with Gasteiger partial charge in [-0.3, -0.25) is 0 Å². The SMILES string of the molecule is Cc1ccc(/C(C#N)=C\c2cn(Cc3ccccc3)c3ccccc23)cc1. The molecule has 0 saturated carbocycles. The number of nitrogens with zero attached hydrogens (tertiary/aromatic N) is 2. The number of allylic oxidation sites excluding steroid dienone is 1. The summed E-state index contributed by atoms with van der Waals surface area (Å²) in [5.41, 5.74) is 6.32. The van der Waals surface area contributed by atoms with Crippen molar-refractivity contribution in [1.29, 1.82) is 5.26 Å². The van der Waals surface area contributed by atoms with Crippen LogP contribution in [-0.2, 0) is 6.54 Å². The summed E-state index contributed by atoms with van der Waals surface area (Å²) in [5.74, 6) is 0. The molecule has 2 heteroatoms. The lowest BCUT2D eigenvalue weighted by molar-refractivity contribution is 0.836. The Balaban J connectivity index is 1.80. The van der Waals surface area contributed by atoms with E-state index in [0.717, 1.165) is 23.1 Å². The molecule has 0 saturated heterocycles. The summed E-state index contributed by atoms with van der Waals surface area (Å²) in [5, 5.41) is 10.9. The van der Waals surface area contributed by atoms with Crippen LogP contribution in [0, 0.1) is 18.3 Å². The van der Waals surface area contributed by atoms with E-state index >= 15 is 0 Å². The molecule has 0 bridgehead atoms. The maximum atomic E-state index is 9.70. The van der Waals surface area contributed by atoms with Gasteiger partial charge in [0.25, 0.3) is 0 Å². The van der Waals surface area contributed by atoms with Crippen LogP contribution in [0.1, 0.15) is 22.3 Å². The summed E-state index contributed by atoms with van der Waals surface area (Å²) in [6, 6.07) is 29.2. The second-order valence-corrected chi connectivity index (χ2v) is 6.75. The monoisotopic (exact) mass is 348 g/mol. The van der Waals surface area contributed by atoms with E-state index in [9.17, 15) is 5.26 Å². The molecular formula is C25H20N2. The molecule has 0 radical (unpaired) electrons. The van der Waals surface area contributed by atoms with Crippen molar-refractivity contribution in [3.8, 4) is 6.07 Å². The molecule has 0 aliphatic rings. The molecule has 2 nitrogen and oxygen atoms in total. The minimum atomic E-state index is 0.678. The third-order valence-electron chi connectivity index (χ3n) is 4.80. The van der Waals surface area contributed by atoms with E-state index < -0.39 is 0 Å². The Labute approximate surface area is 159 Å². The Morgan fingerprint density at radius 3 is 2.37 bits per heavy atom. The number of hydrogen-bond donors (Lipinski definition) is 0. The number of hydrogen-bond acceptors (Lipinski definition) is 1. The second kappa shape index (κ2) is 7.35. The van der Waals surface area contributed by atoms with Crippen LogP contribution < -0.4 is 0 Å². The molecular weight excluding hydrogens is 328 g/mol. The van der Waals surface area contributed by atoms with E-state index in [1.54, 1.807) is 0 Å². The molecule has 27 heavy (non-hydrogen) atoms. The van der Waals surface area contributed by atoms with Crippen LogP contribution in [0.15, 0.2) is 85.1 Å². The number of benzene rings is 3. The fraction of sp³-hybridized carbons (Fsp3) is 0.0800. The highest BCUT2D eigenvalue weighted by Gasteiger charge is 2.09. The van der Waals surface area contributed by atoms with Gasteiger partial charge in [0.05, 0.1) is 11.6 Å². The Kier molecular flexibility index (Phi) is 4.60. The van der Waals surface area contributed by atoms with Crippen molar-refractivity contribution >= 4 is 22.6 Å². The van der Waals surface area contributed by atoms with E-state index in [1.807, 2.05) is 42.5 Å². The van der Waals surface area contributed by atoms with Crippen LogP contribution in [0.3, 0.4) is 0 Å². The predicted octanol–water partition coefficient (Wildman–Crippen LogP) is 6.06. The molecule has 0 fully saturated rings. The smallest absolute Gasteiger partial charge is 0.0998 e. The van der Waals surface area contributed by atoms with Crippen molar-refractivity contribution in [2.24, 2.45) is 0 Å². The highest BCUT2D eigenvalue weighted by atomic mass is 15.0. The van der Waals surface area contributed by atoms with Crippen LogP contribution in [-0.4, -0.2) is 4.57 Å². The van der Waals surface area contributed by atoms with Gasteiger partial charge in [-0.2, -0.15) is 5.26 Å². The lowest BCUT2D eigenvalue weighted by Gasteiger charge is -2.05. The van der Waals surface area contributed by atoms with Gasteiger partial charge in [-0.05, 0) is 30.2 Å². The molecule has 1 heterocycles. The summed E-state index contributed by atoms with van der Waals surface area (Å²) in [4.78, 5) is 0. The van der Waals surface area contributed by atoms with E-state index in [0.29, 0.717) is 5.57 Å². The molecule has 0 aliphatic heterocycles. The van der Waals surface area contributed by atoms with Crippen molar-refractivity contribution in [1.82, 2.24) is 4.57 Å². The molecule has 0 amide bonds. The quantitative estimate of drug-likeness (QED) is 0.412. The van der Waals surface area contributed by atoms with Gasteiger partial charge in [-0.1, -0.05) is 78.4 Å². The van der Waals surface area contributed by atoms with Crippen LogP contribution in [0.5, 0.6) is 0 Å². The van der Waals surface area contributed by atoms with Gasteiger partial charge in [0.15, 0.2) is 0 Å². The van der Waals surface area contributed by atoms with Crippen molar-refractivity contribution in [3.63, 3.8) is 0 Å². The van der Waals surface area contributed by atoms with E-state index in [1.165, 1.54) is 16.6 Å². The molecule has 4 rings (SSSR count). The first-order valence-corrected chi connectivity index (χ1v) is 9.05. The van der Waals surface area contributed by atoms with Crippen LogP contribution in [0.2, 0.25) is 0 Å². The maximum Gasteiger partial charge on any atom is 0.0998 e.